The van der Waals surface area contributed by atoms with Crippen molar-refractivity contribution in [1.82, 2.24) is 10.2 Å². The zero-order valence-electron chi connectivity index (χ0n) is 11.7. The van der Waals surface area contributed by atoms with Crippen molar-refractivity contribution in [2.45, 2.75) is 25.7 Å². The minimum atomic E-state index is -0.166. The summed E-state index contributed by atoms with van der Waals surface area (Å²) in [4.78, 5) is 0. The van der Waals surface area contributed by atoms with Crippen molar-refractivity contribution < 1.29 is 0 Å². The lowest BCUT2D eigenvalue weighted by atomic mass is 9.82. The average Bonchev–Trinajstić information content (AvgIpc) is 2.95. The maximum Gasteiger partial charge on any atom is 0.129 e. The van der Waals surface area contributed by atoms with Crippen molar-refractivity contribution in [2.24, 2.45) is 0 Å². The van der Waals surface area contributed by atoms with Crippen LogP contribution in [0.1, 0.15) is 36.8 Å². The molecular formula is C16H15ClN4. The summed E-state index contributed by atoms with van der Waals surface area (Å²) in [5.74, 6) is 0.683. The van der Waals surface area contributed by atoms with Gasteiger partial charge in [-0.05, 0) is 18.1 Å². The monoisotopic (exact) mass is 298 g/mol. The Hall–Kier alpha value is -2.25. The molecule has 106 valence electrons. The summed E-state index contributed by atoms with van der Waals surface area (Å²) in [6.45, 7) is 2.09. The van der Waals surface area contributed by atoms with Crippen molar-refractivity contribution >= 4 is 17.4 Å². The molecule has 0 fully saturated rings. The van der Waals surface area contributed by atoms with Gasteiger partial charge >= 0.3 is 0 Å². The molecule has 2 N–H and O–H groups in total. The molecule has 1 aromatic carbocycles. The number of H-pyrrole nitrogens is 1. The number of hydrogen-bond acceptors (Lipinski definition) is 3. The number of aromatic nitrogens is 2. The Balaban J connectivity index is 2.20. The Labute approximate surface area is 128 Å². The number of allylic oxidation sites excluding steroid dienone is 2. The number of aromatic amines is 1. The smallest absolute Gasteiger partial charge is 0.129 e. The fourth-order valence-corrected chi connectivity index (χ4v) is 3.02. The van der Waals surface area contributed by atoms with E-state index in [9.17, 15) is 5.26 Å². The van der Waals surface area contributed by atoms with Crippen LogP contribution < -0.4 is 5.32 Å². The van der Waals surface area contributed by atoms with Gasteiger partial charge in [-0.1, -0.05) is 43.1 Å². The number of anilines is 1. The lowest BCUT2D eigenvalue weighted by Gasteiger charge is -2.26. The number of nitrogens with zero attached hydrogens (tertiary/aromatic N) is 2. The summed E-state index contributed by atoms with van der Waals surface area (Å²) < 4.78 is 0. The van der Waals surface area contributed by atoms with Crippen LogP contribution in [-0.2, 0) is 0 Å². The van der Waals surface area contributed by atoms with Crippen LogP contribution >= 0.6 is 11.6 Å². The lowest BCUT2D eigenvalue weighted by Crippen LogP contribution is -2.18. The highest BCUT2D eigenvalue weighted by atomic mass is 35.5. The fraction of sp³-hybridized carbons (Fsp3) is 0.250. The van der Waals surface area contributed by atoms with Crippen molar-refractivity contribution in [3.63, 3.8) is 0 Å². The zero-order chi connectivity index (χ0) is 14.8. The van der Waals surface area contributed by atoms with Crippen LogP contribution in [0, 0.1) is 11.3 Å². The molecule has 1 aromatic heterocycles. The number of halogens is 1. The molecule has 0 saturated heterocycles. The Morgan fingerprint density at radius 3 is 2.86 bits per heavy atom. The van der Waals surface area contributed by atoms with Gasteiger partial charge in [0.15, 0.2) is 0 Å². The lowest BCUT2D eigenvalue weighted by molar-refractivity contribution is 0.848. The number of rotatable bonds is 3. The second-order valence-corrected chi connectivity index (χ2v) is 5.44. The largest absolute Gasteiger partial charge is 0.343 e. The molecule has 0 amide bonds. The van der Waals surface area contributed by atoms with E-state index in [0.717, 1.165) is 41.1 Å². The maximum atomic E-state index is 9.65. The second-order valence-electron chi connectivity index (χ2n) is 5.03. The van der Waals surface area contributed by atoms with Gasteiger partial charge < -0.3 is 5.32 Å². The SMILES string of the molecule is CCCC1=C(C#N)C(c2ccccc2Cl)c2cn[nH]c2N1. The topological polar surface area (TPSA) is 64.5 Å². The van der Waals surface area contributed by atoms with Gasteiger partial charge in [-0.15, -0.1) is 0 Å². The Morgan fingerprint density at radius 1 is 1.33 bits per heavy atom. The summed E-state index contributed by atoms with van der Waals surface area (Å²) in [5, 5.41) is 20.7. The fourth-order valence-electron chi connectivity index (χ4n) is 2.77. The quantitative estimate of drug-likeness (QED) is 0.892. The van der Waals surface area contributed by atoms with Crippen LogP contribution in [0.4, 0.5) is 5.82 Å². The number of fused-ring (bicyclic) bond motifs is 1. The Kier molecular flexibility index (Phi) is 3.68. The third-order valence-electron chi connectivity index (χ3n) is 3.71. The first-order valence-electron chi connectivity index (χ1n) is 6.94. The second kappa shape index (κ2) is 5.63. The van der Waals surface area contributed by atoms with E-state index in [0.29, 0.717) is 5.02 Å². The Morgan fingerprint density at radius 2 is 2.14 bits per heavy atom. The molecular weight excluding hydrogens is 284 g/mol. The normalized spacial score (nSPS) is 17.1. The van der Waals surface area contributed by atoms with Gasteiger partial charge in [-0.2, -0.15) is 10.4 Å². The standard InChI is InChI=1S/C16H15ClN4/c1-2-5-14-11(8-18)15(10-6-3-4-7-13(10)17)12-9-19-21-16(12)20-14/h3-4,6-7,9,15H,2,5H2,1H3,(H2,19,20,21). The molecule has 0 radical (unpaired) electrons. The van der Waals surface area contributed by atoms with Crippen LogP contribution in [0.5, 0.6) is 0 Å². The maximum absolute atomic E-state index is 9.65. The third kappa shape index (κ3) is 2.30. The molecule has 0 aliphatic carbocycles. The van der Waals surface area contributed by atoms with Gasteiger partial charge in [0.25, 0.3) is 0 Å². The molecule has 0 bridgehead atoms. The third-order valence-corrected chi connectivity index (χ3v) is 4.05. The summed E-state index contributed by atoms with van der Waals surface area (Å²) in [6, 6.07) is 10.0. The van der Waals surface area contributed by atoms with Gasteiger partial charge in [-0.3, -0.25) is 5.10 Å². The van der Waals surface area contributed by atoms with Gasteiger partial charge in [0.2, 0.25) is 0 Å². The molecule has 1 aliphatic rings. The molecule has 0 saturated carbocycles. The van der Waals surface area contributed by atoms with Crippen LogP contribution in [0.2, 0.25) is 5.02 Å². The van der Waals surface area contributed by atoms with Gasteiger partial charge in [0.05, 0.1) is 23.8 Å². The van der Waals surface area contributed by atoms with Gasteiger partial charge in [0, 0.05) is 16.3 Å². The first-order valence-corrected chi connectivity index (χ1v) is 7.32. The number of nitrogens with one attached hydrogen (secondary N) is 2. The summed E-state index contributed by atoms with van der Waals surface area (Å²) >= 11 is 6.36. The van der Waals surface area contributed by atoms with Crippen LogP contribution in [0.25, 0.3) is 0 Å². The van der Waals surface area contributed by atoms with E-state index in [2.05, 4.69) is 28.5 Å². The van der Waals surface area contributed by atoms with Crippen LogP contribution in [0.3, 0.4) is 0 Å². The minimum absolute atomic E-state index is 0.166. The van der Waals surface area contributed by atoms with Gasteiger partial charge in [0.1, 0.15) is 5.82 Å². The molecule has 4 nitrogen and oxygen atoms in total. The summed E-state index contributed by atoms with van der Waals surface area (Å²) in [7, 11) is 0. The molecule has 2 aromatic rings. The minimum Gasteiger partial charge on any atom is -0.343 e. The highest BCUT2D eigenvalue weighted by Crippen LogP contribution is 2.43. The number of hydrogen-bond donors (Lipinski definition) is 2. The molecule has 21 heavy (non-hydrogen) atoms. The summed E-state index contributed by atoms with van der Waals surface area (Å²) in [5.41, 5.74) is 3.56. The predicted molar refractivity (Wildman–Crippen MR) is 83.1 cm³/mol. The average molecular weight is 299 g/mol. The molecule has 2 heterocycles. The van der Waals surface area contributed by atoms with E-state index in [4.69, 9.17) is 11.6 Å². The van der Waals surface area contributed by atoms with E-state index < -0.39 is 0 Å². The number of nitriles is 1. The molecule has 5 heteroatoms. The molecule has 1 unspecified atom stereocenters. The highest BCUT2D eigenvalue weighted by Gasteiger charge is 2.31. The summed E-state index contributed by atoms with van der Waals surface area (Å²) in [6.07, 6.45) is 3.55. The predicted octanol–water partition coefficient (Wildman–Crippen LogP) is 4.20. The van der Waals surface area contributed by atoms with E-state index >= 15 is 0 Å². The highest BCUT2D eigenvalue weighted by molar-refractivity contribution is 6.31. The van der Waals surface area contributed by atoms with E-state index in [-0.39, 0.29) is 5.92 Å². The van der Waals surface area contributed by atoms with Gasteiger partial charge in [-0.25, -0.2) is 0 Å². The molecule has 1 atom stereocenters. The van der Waals surface area contributed by atoms with Crippen LogP contribution in [0.15, 0.2) is 41.7 Å². The molecule has 0 spiro atoms. The van der Waals surface area contributed by atoms with E-state index in [1.165, 1.54) is 0 Å². The van der Waals surface area contributed by atoms with E-state index in [1.807, 2.05) is 24.3 Å². The molecule has 1 aliphatic heterocycles. The van der Waals surface area contributed by atoms with Crippen LogP contribution in [-0.4, -0.2) is 10.2 Å². The first kappa shape index (κ1) is 13.7. The zero-order valence-corrected chi connectivity index (χ0v) is 12.4. The van der Waals surface area contributed by atoms with Crippen molar-refractivity contribution in [2.75, 3.05) is 5.32 Å². The van der Waals surface area contributed by atoms with E-state index in [1.54, 1.807) is 6.20 Å². The van der Waals surface area contributed by atoms with Crippen molar-refractivity contribution in [3.05, 3.63) is 57.9 Å². The molecule has 3 rings (SSSR count). The van der Waals surface area contributed by atoms with Crippen molar-refractivity contribution in [3.8, 4) is 6.07 Å². The first-order chi connectivity index (χ1) is 10.3. The number of benzene rings is 1. The van der Waals surface area contributed by atoms with Crippen molar-refractivity contribution in [1.29, 1.82) is 5.26 Å². The Bertz CT molecular complexity index is 739.